The second-order valence-electron chi connectivity index (χ2n) is 6.70. The normalized spacial score (nSPS) is 17.4. The highest BCUT2D eigenvalue weighted by molar-refractivity contribution is 5.74. The Hall–Kier alpha value is -2.73. The zero-order valence-electron chi connectivity index (χ0n) is 16.1. The Morgan fingerprint density at radius 2 is 1.81 bits per heavy atom. The Kier molecular flexibility index (Phi) is 6.19. The third-order valence-electron chi connectivity index (χ3n) is 5.01. The third-order valence-corrected chi connectivity index (χ3v) is 5.01. The Bertz CT molecular complexity index is 767. The lowest BCUT2D eigenvalue weighted by Gasteiger charge is -2.39. The molecule has 0 saturated carbocycles. The lowest BCUT2D eigenvalue weighted by molar-refractivity contribution is 0.109. The van der Waals surface area contributed by atoms with Crippen molar-refractivity contribution in [3.8, 4) is 11.5 Å². The van der Waals surface area contributed by atoms with Gasteiger partial charge >= 0.3 is 6.03 Å². The Labute approximate surface area is 160 Å². The van der Waals surface area contributed by atoms with Crippen molar-refractivity contribution in [3.63, 3.8) is 0 Å². The maximum atomic E-state index is 12.6. The van der Waals surface area contributed by atoms with Crippen molar-refractivity contribution >= 4 is 6.03 Å². The number of likely N-dealkylation sites (N-methyl/N-ethyl adjacent to an activating group) is 1. The van der Waals surface area contributed by atoms with Crippen molar-refractivity contribution in [1.82, 2.24) is 15.1 Å². The average Bonchev–Trinajstić information content (AvgIpc) is 2.72. The van der Waals surface area contributed by atoms with Crippen LogP contribution in [0.15, 0.2) is 48.5 Å². The molecule has 144 valence electrons. The van der Waals surface area contributed by atoms with Crippen LogP contribution in [0.5, 0.6) is 11.5 Å². The van der Waals surface area contributed by atoms with Crippen molar-refractivity contribution < 1.29 is 14.3 Å². The van der Waals surface area contributed by atoms with Crippen LogP contribution in [-0.2, 0) is 6.54 Å². The van der Waals surface area contributed by atoms with Crippen molar-refractivity contribution in [2.45, 2.75) is 12.6 Å². The number of carbonyl (C=O) groups is 1. The topological polar surface area (TPSA) is 54.0 Å². The predicted octanol–water partition coefficient (Wildman–Crippen LogP) is 2.90. The highest BCUT2D eigenvalue weighted by Gasteiger charge is 2.29. The second kappa shape index (κ2) is 8.77. The number of hydrogen-bond acceptors (Lipinski definition) is 4. The average molecular weight is 369 g/mol. The number of hydrogen-bond donors (Lipinski definition) is 1. The number of piperazine rings is 1. The zero-order valence-corrected chi connectivity index (χ0v) is 16.1. The van der Waals surface area contributed by atoms with E-state index in [1.165, 1.54) is 0 Å². The first-order chi connectivity index (χ1) is 13.1. The summed E-state index contributed by atoms with van der Waals surface area (Å²) in [5.74, 6) is 1.41. The van der Waals surface area contributed by atoms with Crippen LogP contribution in [0.1, 0.15) is 17.2 Å². The maximum Gasteiger partial charge on any atom is 0.317 e. The van der Waals surface area contributed by atoms with E-state index in [-0.39, 0.29) is 12.1 Å². The van der Waals surface area contributed by atoms with E-state index in [4.69, 9.17) is 9.47 Å². The monoisotopic (exact) mass is 369 g/mol. The molecule has 0 radical (unpaired) electrons. The molecule has 0 bridgehead atoms. The van der Waals surface area contributed by atoms with Gasteiger partial charge in [0, 0.05) is 26.2 Å². The summed E-state index contributed by atoms with van der Waals surface area (Å²) in [7, 11) is 5.35. The number of rotatable bonds is 5. The standard InChI is InChI=1S/C21H27N3O3/c1-23-11-12-24(21(25)22-14-16-7-5-4-6-8-16)15-18(23)17-9-10-19(26-2)20(13-17)27-3/h4-10,13,18H,11-12,14-15H2,1-3H3,(H,22,25). The minimum Gasteiger partial charge on any atom is -0.493 e. The molecule has 1 unspecified atom stereocenters. The molecule has 1 atom stereocenters. The minimum atomic E-state index is -0.0302. The molecule has 6 nitrogen and oxygen atoms in total. The fraction of sp³-hybridized carbons (Fsp3) is 0.381. The van der Waals surface area contributed by atoms with Gasteiger partial charge in [-0.3, -0.25) is 4.90 Å². The summed E-state index contributed by atoms with van der Waals surface area (Å²) in [5, 5.41) is 3.02. The highest BCUT2D eigenvalue weighted by Crippen LogP contribution is 2.33. The fourth-order valence-corrected chi connectivity index (χ4v) is 3.36. The minimum absolute atomic E-state index is 0.0302. The van der Waals surface area contributed by atoms with Gasteiger partial charge in [-0.1, -0.05) is 36.4 Å². The first-order valence-corrected chi connectivity index (χ1v) is 9.11. The molecule has 1 aliphatic heterocycles. The fourth-order valence-electron chi connectivity index (χ4n) is 3.36. The van der Waals surface area contributed by atoms with E-state index in [0.29, 0.717) is 31.1 Å². The quantitative estimate of drug-likeness (QED) is 0.881. The van der Waals surface area contributed by atoms with Crippen LogP contribution >= 0.6 is 0 Å². The van der Waals surface area contributed by atoms with Gasteiger partial charge in [0.05, 0.1) is 20.3 Å². The van der Waals surface area contributed by atoms with Gasteiger partial charge in [-0.25, -0.2) is 4.79 Å². The molecule has 0 spiro atoms. The van der Waals surface area contributed by atoms with E-state index < -0.39 is 0 Å². The second-order valence-corrected chi connectivity index (χ2v) is 6.70. The zero-order chi connectivity index (χ0) is 19.2. The molecule has 1 saturated heterocycles. The molecule has 1 N–H and O–H groups in total. The van der Waals surface area contributed by atoms with E-state index in [0.717, 1.165) is 17.7 Å². The number of methoxy groups -OCH3 is 2. The number of nitrogens with one attached hydrogen (secondary N) is 1. The van der Waals surface area contributed by atoms with Crippen LogP contribution in [0.3, 0.4) is 0 Å². The molecule has 1 fully saturated rings. The molecule has 0 aromatic heterocycles. The van der Waals surface area contributed by atoms with Crippen LogP contribution in [0.4, 0.5) is 4.79 Å². The van der Waals surface area contributed by atoms with Crippen molar-refractivity contribution in [2.24, 2.45) is 0 Å². The van der Waals surface area contributed by atoms with Crippen LogP contribution in [-0.4, -0.2) is 56.7 Å². The maximum absolute atomic E-state index is 12.6. The molecule has 1 heterocycles. The van der Waals surface area contributed by atoms with Gasteiger partial charge in [-0.15, -0.1) is 0 Å². The van der Waals surface area contributed by atoms with Crippen molar-refractivity contribution in [3.05, 3.63) is 59.7 Å². The van der Waals surface area contributed by atoms with Gasteiger partial charge < -0.3 is 19.7 Å². The molecule has 0 aliphatic carbocycles. The number of amides is 2. The summed E-state index contributed by atoms with van der Waals surface area (Å²) < 4.78 is 10.8. The molecule has 3 rings (SSSR count). The molecular weight excluding hydrogens is 342 g/mol. The van der Waals surface area contributed by atoms with E-state index >= 15 is 0 Å². The van der Waals surface area contributed by atoms with Gasteiger partial charge in [-0.05, 0) is 30.3 Å². The highest BCUT2D eigenvalue weighted by atomic mass is 16.5. The third kappa shape index (κ3) is 4.52. The first kappa shape index (κ1) is 19.0. The molecule has 27 heavy (non-hydrogen) atoms. The molecule has 2 aromatic carbocycles. The Morgan fingerprint density at radius 3 is 2.52 bits per heavy atom. The smallest absolute Gasteiger partial charge is 0.317 e. The van der Waals surface area contributed by atoms with Gasteiger partial charge in [-0.2, -0.15) is 0 Å². The summed E-state index contributed by atoms with van der Waals surface area (Å²) in [6, 6.07) is 16.0. The van der Waals surface area contributed by atoms with Gasteiger partial charge in [0.2, 0.25) is 0 Å². The number of urea groups is 1. The summed E-state index contributed by atoms with van der Waals surface area (Å²) in [4.78, 5) is 16.8. The molecule has 2 aromatic rings. The summed E-state index contributed by atoms with van der Waals surface area (Å²) >= 11 is 0. The van der Waals surface area contributed by atoms with Gasteiger partial charge in [0.1, 0.15) is 0 Å². The van der Waals surface area contributed by atoms with E-state index in [1.54, 1.807) is 14.2 Å². The SMILES string of the molecule is COc1ccc(C2CN(C(=O)NCc3ccccc3)CCN2C)cc1OC. The van der Waals surface area contributed by atoms with Crippen LogP contribution in [0, 0.1) is 0 Å². The van der Waals surface area contributed by atoms with Crippen molar-refractivity contribution in [1.29, 1.82) is 0 Å². The summed E-state index contributed by atoms with van der Waals surface area (Å²) in [5.41, 5.74) is 2.20. The van der Waals surface area contributed by atoms with E-state index in [9.17, 15) is 4.79 Å². The lowest BCUT2D eigenvalue weighted by Crippen LogP contribution is -2.51. The van der Waals surface area contributed by atoms with Crippen molar-refractivity contribution in [2.75, 3.05) is 40.9 Å². The number of carbonyl (C=O) groups excluding carboxylic acids is 1. The van der Waals surface area contributed by atoms with Crippen LogP contribution in [0.25, 0.3) is 0 Å². The summed E-state index contributed by atoms with van der Waals surface area (Å²) in [6.07, 6.45) is 0. The largest absolute Gasteiger partial charge is 0.493 e. The van der Waals surface area contributed by atoms with E-state index in [1.807, 2.05) is 53.4 Å². The van der Waals surface area contributed by atoms with Gasteiger partial charge in [0.25, 0.3) is 0 Å². The number of benzene rings is 2. The molecule has 6 heteroatoms. The van der Waals surface area contributed by atoms with Crippen LogP contribution < -0.4 is 14.8 Å². The molecular formula is C21H27N3O3. The number of nitrogens with zero attached hydrogens (tertiary/aromatic N) is 2. The van der Waals surface area contributed by atoms with Gasteiger partial charge in [0.15, 0.2) is 11.5 Å². The number of ether oxygens (including phenoxy) is 2. The lowest BCUT2D eigenvalue weighted by atomic mass is 10.0. The van der Waals surface area contributed by atoms with E-state index in [2.05, 4.69) is 17.3 Å². The Balaban J connectivity index is 1.67. The first-order valence-electron chi connectivity index (χ1n) is 9.11. The summed E-state index contributed by atoms with van der Waals surface area (Å²) in [6.45, 7) is 2.69. The molecule has 2 amide bonds. The Morgan fingerprint density at radius 1 is 1.07 bits per heavy atom. The van der Waals surface area contributed by atoms with Crippen LogP contribution in [0.2, 0.25) is 0 Å². The molecule has 1 aliphatic rings. The predicted molar refractivity (Wildman–Crippen MR) is 105 cm³/mol.